The smallest absolute Gasteiger partial charge is 0.0467 e. The molecular formula is C74H64N2. The van der Waals surface area contributed by atoms with Crippen LogP contribution in [0.1, 0.15) is 81.3 Å². The van der Waals surface area contributed by atoms with Crippen molar-refractivity contribution in [1.29, 1.82) is 0 Å². The predicted octanol–water partition coefficient (Wildman–Crippen LogP) is 20.4. The fourth-order valence-corrected chi connectivity index (χ4v) is 11.5. The molecule has 2 heteroatoms. The van der Waals surface area contributed by atoms with Crippen molar-refractivity contribution in [3.63, 3.8) is 0 Å². The van der Waals surface area contributed by atoms with Crippen molar-refractivity contribution in [3.05, 3.63) is 299 Å². The van der Waals surface area contributed by atoms with Gasteiger partial charge in [-0.25, -0.2) is 0 Å². The normalized spacial score (nSPS) is 13.6. The standard InChI is InChI=1S/C74H64N2/c1-73(2,3)56-36-43-61(44-37-56)75(58-23-9-7-10-24-58)60-40-33-51(34-41-60)72(71-49-53-22-14-16-28-65(53)68-31-19-20-32-69(68)71)70-50-63(76(59-25-11-8-12-26-59)62-45-38-57(39-46-62)74(4,5)6)42-35-54(70)48-55-47-52-21-13-15-27-64(52)67-30-18-17-29-66(55)67/h7-33,35-47,49-50H,34,48H2,1-6H3/b72-51+. The molecule has 0 atom stereocenters. The van der Waals surface area contributed by atoms with Gasteiger partial charge in [0.25, 0.3) is 0 Å². The van der Waals surface area contributed by atoms with Crippen molar-refractivity contribution < 1.29 is 0 Å². The average Bonchev–Trinajstić information content (AvgIpc) is 3.48. The van der Waals surface area contributed by atoms with E-state index in [1.54, 1.807) is 0 Å². The van der Waals surface area contributed by atoms with Crippen LogP contribution < -0.4 is 9.80 Å². The lowest BCUT2D eigenvalue weighted by molar-refractivity contribution is 0.590. The van der Waals surface area contributed by atoms with Gasteiger partial charge in [0.2, 0.25) is 0 Å². The van der Waals surface area contributed by atoms with Crippen LogP contribution in [0.5, 0.6) is 0 Å². The molecule has 0 spiro atoms. The third-order valence-corrected chi connectivity index (χ3v) is 15.5. The minimum absolute atomic E-state index is 0.0262. The highest BCUT2D eigenvalue weighted by Crippen LogP contribution is 2.45. The zero-order valence-electron chi connectivity index (χ0n) is 44.6. The van der Waals surface area contributed by atoms with E-state index in [2.05, 4.69) is 306 Å². The van der Waals surface area contributed by atoms with Crippen LogP contribution in [0.4, 0.5) is 28.4 Å². The molecule has 1 aliphatic carbocycles. The van der Waals surface area contributed by atoms with Crippen molar-refractivity contribution in [2.75, 3.05) is 9.80 Å². The summed E-state index contributed by atoms with van der Waals surface area (Å²) < 4.78 is 0. The molecule has 0 heterocycles. The van der Waals surface area contributed by atoms with Crippen LogP contribution in [0.2, 0.25) is 0 Å². The summed E-state index contributed by atoms with van der Waals surface area (Å²) >= 11 is 0. The molecule has 2 nitrogen and oxygen atoms in total. The molecule has 76 heavy (non-hydrogen) atoms. The maximum atomic E-state index is 2.50. The van der Waals surface area contributed by atoms with Crippen molar-refractivity contribution in [3.8, 4) is 0 Å². The second kappa shape index (κ2) is 19.9. The van der Waals surface area contributed by atoms with E-state index >= 15 is 0 Å². The topological polar surface area (TPSA) is 6.48 Å². The average molecular weight is 981 g/mol. The summed E-state index contributed by atoms with van der Waals surface area (Å²) in [5.74, 6) is 0. The summed E-state index contributed by atoms with van der Waals surface area (Å²) in [6.07, 6.45) is 8.67. The lowest BCUT2D eigenvalue weighted by atomic mass is 9.82. The Labute approximate surface area is 449 Å². The highest BCUT2D eigenvalue weighted by Gasteiger charge is 2.25. The lowest BCUT2D eigenvalue weighted by Crippen LogP contribution is -2.17. The molecule has 0 saturated carbocycles. The molecule has 0 amide bonds. The van der Waals surface area contributed by atoms with Crippen LogP contribution in [0, 0.1) is 0 Å². The Balaban J connectivity index is 1.12. The number of hydrogen-bond acceptors (Lipinski definition) is 2. The van der Waals surface area contributed by atoms with Gasteiger partial charge in [-0.3, -0.25) is 0 Å². The maximum absolute atomic E-state index is 2.50. The van der Waals surface area contributed by atoms with E-state index in [4.69, 9.17) is 0 Å². The van der Waals surface area contributed by atoms with Gasteiger partial charge in [0.1, 0.15) is 0 Å². The van der Waals surface area contributed by atoms with Crippen molar-refractivity contribution in [2.24, 2.45) is 0 Å². The molecule has 0 N–H and O–H groups in total. The predicted molar refractivity (Wildman–Crippen MR) is 327 cm³/mol. The van der Waals surface area contributed by atoms with Crippen LogP contribution in [-0.4, -0.2) is 0 Å². The van der Waals surface area contributed by atoms with E-state index in [-0.39, 0.29) is 10.8 Å². The molecule has 11 aromatic carbocycles. The molecule has 370 valence electrons. The second-order valence-electron chi connectivity index (χ2n) is 22.5. The first-order valence-corrected chi connectivity index (χ1v) is 26.9. The van der Waals surface area contributed by atoms with E-state index in [1.807, 2.05) is 0 Å². The molecule has 0 saturated heterocycles. The monoisotopic (exact) mass is 981 g/mol. The van der Waals surface area contributed by atoms with Crippen LogP contribution >= 0.6 is 0 Å². The van der Waals surface area contributed by atoms with Gasteiger partial charge in [-0.2, -0.15) is 0 Å². The zero-order chi connectivity index (χ0) is 52.0. The fourth-order valence-electron chi connectivity index (χ4n) is 11.5. The molecule has 0 fully saturated rings. The maximum Gasteiger partial charge on any atom is 0.0467 e. The third-order valence-electron chi connectivity index (χ3n) is 15.5. The summed E-state index contributed by atoms with van der Waals surface area (Å²) in [7, 11) is 0. The number of allylic oxidation sites excluding steroid dienone is 4. The zero-order valence-corrected chi connectivity index (χ0v) is 44.6. The Bertz CT molecular complexity index is 4030. The van der Waals surface area contributed by atoms with E-state index in [1.165, 1.54) is 87.6 Å². The van der Waals surface area contributed by atoms with Crippen LogP contribution in [0.15, 0.2) is 266 Å². The molecule has 0 radical (unpaired) electrons. The van der Waals surface area contributed by atoms with Gasteiger partial charge in [-0.05, 0) is 184 Å². The lowest BCUT2D eigenvalue weighted by Gasteiger charge is -2.30. The first-order valence-electron chi connectivity index (χ1n) is 26.9. The molecular weight excluding hydrogens is 917 g/mol. The van der Waals surface area contributed by atoms with Crippen molar-refractivity contribution in [1.82, 2.24) is 0 Å². The highest BCUT2D eigenvalue weighted by molar-refractivity contribution is 6.14. The third kappa shape index (κ3) is 9.30. The summed E-state index contributed by atoms with van der Waals surface area (Å²) in [5.41, 5.74) is 17.0. The Morgan fingerprint density at radius 1 is 0.355 bits per heavy atom. The first kappa shape index (κ1) is 48.2. The van der Waals surface area contributed by atoms with Gasteiger partial charge >= 0.3 is 0 Å². The van der Waals surface area contributed by atoms with Crippen LogP contribution in [0.3, 0.4) is 0 Å². The fraction of sp³-hybridized carbons (Fsp3) is 0.135. The van der Waals surface area contributed by atoms with Gasteiger partial charge in [-0.1, -0.05) is 224 Å². The van der Waals surface area contributed by atoms with Gasteiger partial charge in [0.05, 0.1) is 0 Å². The molecule has 1 aliphatic rings. The molecule has 0 unspecified atom stereocenters. The van der Waals surface area contributed by atoms with Gasteiger partial charge < -0.3 is 9.80 Å². The summed E-state index contributed by atoms with van der Waals surface area (Å²) in [6, 6.07) is 87.9. The summed E-state index contributed by atoms with van der Waals surface area (Å²) in [5, 5.41) is 10.1. The van der Waals surface area contributed by atoms with Crippen molar-refractivity contribution >= 4 is 77.1 Å². The molecule has 0 aromatic heterocycles. The highest BCUT2D eigenvalue weighted by atomic mass is 15.1. The van der Waals surface area contributed by atoms with Crippen LogP contribution in [0.25, 0.3) is 48.7 Å². The minimum atomic E-state index is 0.0262. The Morgan fingerprint density at radius 2 is 0.803 bits per heavy atom. The Morgan fingerprint density at radius 3 is 1.36 bits per heavy atom. The number of hydrogen-bond donors (Lipinski definition) is 0. The number of nitrogens with zero attached hydrogens (tertiary/aromatic N) is 2. The first-order chi connectivity index (χ1) is 37.0. The largest absolute Gasteiger partial charge is 0.311 e. The minimum Gasteiger partial charge on any atom is -0.311 e. The van der Waals surface area contributed by atoms with Gasteiger partial charge in [0, 0.05) is 34.1 Å². The number of benzene rings is 11. The second-order valence-corrected chi connectivity index (χ2v) is 22.5. The number of rotatable bonds is 10. The van der Waals surface area contributed by atoms with Crippen LogP contribution in [-0.2, 0) is 17.3 Å². The number of para-hydroxylation sites is 2. The summed E-state index contributed by atoms with van der Waals surface area (Å²) in [6.45, 7) is 13.7. The van der Waals surface area contributed by atoms with Gasteiger partial charge in [-0.15, -0.1) is 0 Å². The molecule has 12 rings (SSSR count). The Hall–Kier alpha value is -8.72. The quantitative estimate of drug-likeness (QED) is 0.126. The molecule has 0 bridgehead atoms. The molecule has 0 aliphatic heterocycles. The van der Waals surface area contributed by atoms with E-state index in [0.717, 1.165) is 47.0 Å². The van der Waals surface area contributed by atoms with Gasteiger partial charge in [0.15, 0.2) is 0 Å². The van der Waals surface area contributed by atoms with E-state index in [9.17, 15) is 0 Å². The SMILES string of the molecule is CC(C)(C)c1ccc(N(C2=CC/C(=C(\c3cc(N(c4ccccc4)c4ccc(C(C)(C)C)cc4)ccc3Cc3cc4ccccc4c4ccccc34)c3cc4ccccc4c4ccccc34)C=C2)c2ccccc2)cc1. The molecule has 11 aromatic rings. The number of anilines is 5. The Kier molecular flexibility index (Phi) is 12.6. The summed E-state index contributed by atoms with van der Waals surface area (Å²) in [4.78, 5) is 4.84. The van der Waals surface area contributed by atoms with E-state index in [0.29, 0.717) is 0 Å². The number of fused-ring (bicyclic) bond motifs is 6. The van der Waals surface area contributed by atoms with E-state index < -0.39 is 0 Å². The van der Waals surface area contributed by atoms with Crippen molar-refractivity contribution in [2.45, 2.75) is 65.2 Å².